The Morgan fingerprint density at radius 1 is 1.07 bits per heavy atom. The second-order valence-corrected chi connectivity index (χ2v) is 11.6. The van der Waals surface area contributed by atoms with Crippen molar-refractivity contribution in [3.8, 4) is 5.75 Å². The van der Waals surface area contributed by atoms with Gasteiger partial charge in [0.15, 0.2) is 0 Å². The van der Waals surface area contributed by atoms with E-state index in [2.05, 4.69) is 25.6 Å². The van der Waals surface area contributed by atoms with E-state index in [4.69, 9.17) is 10.3 Å². The van der Waals surface area contributed by atoms with Gasteiger partial charge in [-0.2, -0.15) is 0 Å². The summed E-state index contributed by atoms with van der Waals surface area (Å²) in [5, 5.41) is 23.8. The number of aryl methyl sites for hydroxylation is 1. The lowest BCUT2D eigenvalue weighted by atomic mass is 9.99. The van der Waals surface area contributed by atoms with Crippen LogP contribution in [0.3, 0.4) is 0 Å². The highest BCUT2D eigenvalue weighted by Gasteiger charge is 2.24. The van der Waals surface area contributed by atoms with Crippen molar-refractivity contribution in [2.75, 3.05) is 20.7 Å². The van der Waals surface area contributed by atoms with E-state index in [-0.39, 0.29) is 30.1 Å². The summed E-state index contributed by atoms with van der Waals surface area (Å²) in [6, 6.07) is 21.3. The van der Waals surface area contributed by atoms with E-state index in [0.717, 1.165) is 27.6 Å². The van der Waals surface area contributed by atoms with Crippen LogP contribution in [-0.2, 0) is 26.1 Å². The van der Waals surface area contributed by atoms with Crippen LogP contribution in [0.15, 0.2) is 83.3 Å². The first kappa shape index (κ1) is 33.2. The molecule has 3 N–H and O–H groups in total. The summed E-state index contributed by atoms with van der Waals surface area (Å²) in [5.74, 6) is -0.0193. The molecule has 4 rings (SSSR count). The van der Waals surface area contributed by atoms with E-state index in [1.54, 1.807) is 26.3 Å². The molecule has 0 radical (unpaired) electrons. The summed E-state index contributed by atoms with van der Waals surface area (Å²) in [7, 11) is 3.28. The minimum atomic E-state index is -0.930. The Hall–Kier alpha value is -4.74. The Labute approximate surface area is 266 Å². The van der Waals surface area contributed by atoms with Gasteiger partial charge in [0, 0.05) is 47.2 Å². The third kappa shape index (κ3) is 9.88. The smallest absolute Gasteiger partial charge is 0.254 e. The summed E-state index contributed by atoms with van der Waals surface area (Å²) in [4.78, 5) is 35.9. The summed E-state index contributed by atoms with van der Waals surface area (Å²) >= 11 is 1.47. The first-order chi connectivity index (χ1) is 21.7. The van der Waals surface area contributed by atoms with Crippen LogP contribution < -0.4 is 15.4 Å². The maximum Gasteiger partial charge on any atom is 0.254 e. The molecule has 2 atom stereocenters. The number of ether oxygens (including phenoxy) is 1. The molecule has 234 valence electrons. The second kappa shape index (κ2) is 16.4. The largest absolute Gasteiger partial charge is 0.497 e. The highest BCUT2D eigenvalue weighted by atomic mass is 32.1. The zero-order valence-corrected chi connectivity index (χ0v) is 26.3. The number of aliphatic hydroxyl groups is 1. The van der Waals surface area contributed by atoms with Crippen LogP contribution in [0, 0.1) is 6.92 Å². The van der Waals surface area contributed by atoms with Gasteiger partial charge in [0.1, 0.15) is 10.8 Å². The number of benzene rings is 3. The SMILES string of the molecule is COc1cccc(CNC[C@@H](O)[C@H](Cc2ccccc2)NC(=O)c2cc(CN=[N+]=[N-])cc(C(=O)N(C)Cc3nc(C)cs3)c2)c1. The molecule has 0 aliphatic rings. The predicted molar refractivity (Wildman–Crippen MR) is 174 cm³/mol. The van der Waals surface area contributed by atoms with Crippen molar-refractivity contribution in [3.05, 3.63) is 127 Å². The van der Waals surface area contributed by atoms with Crippen LogP contribution in [0.5, 0.6) is 5.75 Å². The van der Waals surface area contributed by atoms with Gasteiger partial charge in [0.05, 0.1) is 32.3 Å². The van der Waals surface area contributed by atoms with Crippen LogP contribution in [0.4, 0.5) is 0 Å². The van der Waals surface area contributed by atoms with E-state index in [1.807, 2.05) is 66.9 Å². The number of hydrogen-bond acceptors (Lipinski definition) is 8. The van der Waals surface area contributed by atoms with Crippen molar-refractivity contribution in [3.63, 3.8) is 0 Å². The molecule has 0 bridgehead atoms. The topological polar surface area (TPSA) is 153 Å². The maximum atomic E-state index is 13.7. The number of rotatable bonds is 15. The lowest BCUT2D eigenvalue weighted by Gasteiger charge is -2.25. The van der Waals surface area contributed by atoms with E-state index in [0.29, 0.717) is 25.1 Å². The summed E-state index contributed by atoms with van der Waals surface area (Å²) in [6.07, 6.45) is -0.547. The second-order valence-electron chi connectivity index (χ2n) is 10.7. The molecule has 0 saturated carbocycles. The number of amides is 2. The first-order valence-corrected chi connectivity index (χ1v) is 15.3. The summed E-state index contributed by atoms with van der Waals surface area (Å²) < 4.78 is 5.29. The minimum Gasteiger partial charge on any atom is -0.497 e. The van der Waals surface area contributed by atoms with E-state index in [9.17, 15) is 14.7 Å². The van der Waals surface area contributed by atoms with Crippen LogP contribution in [-0.4, -0.2) is 59.7 Å². The predicted octanol–water partition coefficient (Wildman–Crippen LogP) is 5.03. The normalized spacial score (nSPS) is 12.1. The molecule has 4 aromatic rings. The van der Waals surface area contributed by atoms with Gasteiger partial charge in [-0.05, 0) is 65.9 Å². The molecular weight excluding hydrogens is 590 g/mol. The number of aromatic nitrogens is 1. The molecule has 0 saturated heterocycles. The standard InChI is InChI=1S/C33H37N7O4S/c1-22-21-45-31(37-22)20-40(2)33(43)27-13-25(18-36-39-34)12-26(16-27)32(42)38-29(15-23-8-5-4-6-9-23)30(41)19-35-17-24-10-7-11-28(14-24)44-3/h4-14,16,21,29-30,35,41H,15,17-20H2,1-3H3,(H,38,42)/t29-,30+/m0/s1. The number of carbonyl (C=O) groups is 2. The molecule has 2 amide bonds. The fraction of sp³-hybridized carbons (Fsp3) is 0.303. The van der Waals surface area contributed by atoms with Gasteiger partial charge in [0.2, 0.25) is 0 Å². The Bertz CT molecular complexity index is 1640. The Balaban J connectivity index is 1.52. The first-order valence-electron chi connectivity index (χ1n) is 14.4. The summed E-state index contributed by atoms with van der Waals surface area (Å²) in [6.45, 7) is 2.90. The van der Waals surface area contributed by atoms with Gasteiger partial charge >= 0.3 is 0 Å². The number of methoxy groups -OCH3 is 1. The van der Waals surface area contributed by atoms with Crippen LogP contribution >= 0.6 is 11.3 Å². The van der Waals surface area contributed by atoms with Gasteiger partial charge in [-0.3, -0.25) is 9.59 Å². The van der Waals surface area contributed by atoms with E-state index < -0.39 is 18.1 Å². The Morgan fingerprint density at radius 3 is 2.53 bits per heavy atom. The lowest BCUT2D eigenvalue weighted by Crippen LogP contribution is -2.48. The molecule has 12 heteroatoms. The number of nitrogens with one attached hydrogen (secondary N) is 2. The maximum absolute atomic E-state index is 13.7. The number of hydrogen-bond donors (Lipinski definition) is 3. The third-order valence-electron chi connectivity index (χ3n) is 7.10. The quantitative estimate of drug-likeness (QED) is 0.0955. The minimum absolute atomic E-state index is 0.0302. The van der Waals surface area contributed by atoms with Crippen molar-refractivity contribution in [2.45, 2.75) is 45.1 Å². The average Bonchev–Trinajstić information content (AvgIpc) is 3.47. The van der Waals surface area contributed by atoms with Crippen LogP contribution in [0.25, 0.3) is 10.4 Å². The number of aliphatic hydroxyl groups excluding tert-OH is 1. The van der Waals surface area contributed by atoms with Gasteiger partial charge in [0.25, 0.3) is 11.8 Å². The molecule has 1 heterocycles. The molecule has 0 aliphatic heterocycles. The molecular formula is C33H37N7O4S. The zero-order chi connectivity index (χ0) is 32.2. The molecule has 45 heavy (non-hydrogen) atoms. The highest BCUT2D eigenvalue weighted by Crippen LogP contribution is 2.18. The van der Waals surface area contributed by atoms with Crippen molar-refractivity contribution in [1.82, 2.24) is 20.5 Å². The fourth-order valence-corrected chi connectivity index (χ4v) is 5.64. The highest BCUT2D eigenvalue weighted by molar-refractivity contribution is 7.09. The van der Waals surface area contributed by atoms with Gasteiger partial charge < -0.3 is 25.4 Å². The molecule has 1 aromatic heterocycles. The van der Waals surface area contributed by atoms with Crippen molar-refractivity contribution < 1.29 is 19.4 Å². The number of carbonyl (C=O) groups excluding carboxylic acids is 2. The van der Waals surface area contributed by atoms with Gasteiger partial charge in [-0.15, -0.1) is 11.3 Å². The molecule has 0 spiro atoms. The van der Waals surface area contributed by atoms with Crippen molar-refractivity contribution >= 4 is 23.2 Å². The third-order valence-corrected chi connectivity index (χ3v) is 8.05. The number of nitrogens with zero attached hydrogens (tertiary/aromatic N) is 5. The molecule has 0 fully saturated rings. The zero-order valence-electron chi connectivity index (χ0n) is 25.5. The molecule has 3 aromatic carbocycles. The van der Waals surface area contributed by atoms with Crippen molar-refractivity contribution in [1.29, 1.82) is 0 Å². The van der Waals surface area contributed by atoms with Gasteiger partial charge in [-0.1, -0.05) is 47.6 Å². The Kier molecular flexibility index (Phi) is 12.1. The Morgan fingerprint density at radius 2 is 1.82 bits per heavy atom. The summed E-state index contributed by atoms with van der Waals surface area (Å²) in [5.41, 5.74) is 12.7. The monoisotopic (exact) mass is 627 g/mol. The van der Waals surface area contributed by atoms with Gasteiger partial charge in [-0.25, -0.2) is 4.98 Å². The van der Waals surface area contributed by atoms with E-state index >= 15 is 0 Å². The van der Waals surface area contributed by atoms with E-state index in [1.165, 1.54) is 22.3 Å². The average molecular weight is 628 g/mol. The van der Waals surface area contributed by atoms with Crippen molar-refractivity contribution in [2.24, 2.45) is 5.11 Å². The van der Waals surface area contributed by atoms with Crippen LogP contribution in [0.2, 0.25) is 0 Å². The van der Waals surface area contributed by atoms with Crippen LogP contribution in [0.1, 0.15) is 48.1 Å². The lowest BCUT2D eigenvalue weighted by molar-refractivity contribution is 0.0784. The molecule has 0 unspecified atom stereocenters. The number of thiazole rings is 1. The fourth-order valence-electron chi connectivity index (χ4n) is 4.81. The molecule has 0 aliphatic carbocycles. The molecule has 11 nitrogen and oxygen atoms in total. The number of azide groups is 1.